The van der Waals surface area contributed by atoms with Gasteiger partial charge in [0.15, 0.2) is 34.7 Å². The molecule has 0 aromatic carbocycles. The van der Waals surface area contributed by atoms with Crippen molar-refractivity contribution < 1.29 is 0 Å². The Morgan fingerprint density at radius 2 is 0.750 bits per heavy atom. The molecule has 4 heavy (non-hydrogen) atoms. The van der Waals surface area contributed by atoms with E-state index in [1.165, 1.54) is 0 Å². The van der Waals surface area contributed by atoms with Crippen LogP contribution in [-0.2, 0) is 0 Å². The summed E-state index contributed by atoms with van der Waals surface area (Å²) in [5, 5.41) is 0. The SMILES string of the molecule is N.[AlH3].[AlH3].[Si]. The third-order valence-corrected chi connectivity index (χ3v) is 0. The topological polar surface area (TPSA) is 35.0 Å². The highest BCUT2D eigenvalue weighted by Gasteiger charge is 0.188. The molecule has 1 nitrogen and oxygen atoms in total. The monoisotopic (exact) mass is 105 g/mol. The maximum absolute atomic E-state index is 0. The second-order valence-electron chi connectivity index (χ2n) is 0. The van der Waals surface area contributed by atoms with Crippen molar-refractivity contribution in [2.45, 2.75) is 0 Å². The average Bonchev–Trinajstić information content (AvgIpc) is 0. The Balaban J connectivity index is 0. The van der Waals surface area contributed by atoms with Crippen LogP contribution in [0.1, 0.15) is 0 Å². The highest BCUT2D eigenvalue weighted by atomic mass is 28.1. The van der Waals surface area contributed by atoms with Crippen molar-refractivity contribution in [2.75, 3.05) is 0 Å². The molecule has 0 bridgehead atoms. The lowest BCUT2D eigenvalue weighted by Gasteiger charge is -0.344. The first-order chi connectivity index (χ1) is 0. The van der Waals surface area contributed by atoms with Crippen LogP contribution in [0.5, 0.6) is 0 Å². The Hall–Kier alpha value is 1.24. The van der Waals surface area contributed by atoms with Crippen molar-refractivity contribution in [3.8, 4) is 0 Å². The maximum atomic E-state index is 0. The molecule has 3 N–H and O–H groups in total. The Morgan fingerprint density at radius 3 is 0.750 bits per heavy atom. The Morgan fingerprint density at radius 1 is 0.750 bits per heavy atom. The molecule has 0 heterocycles. The van der Waals surface area contributed by atoms with Crippen molar-refractivity contribution in [2.24, 2.45) is 0 Å². The van der Waals surface area contributed by atoms with Crippen LogP contribution in [0.25, 0.3) is 0 Å². The van der Waals surface area contributed by atoms with E-state index in [9.17, 15) is 0 Å². The predicted molar refractivity (Wildman–Crippen MR) is 30.7 cm³/mol. The zero-order valence-corrected chi connectivity index (χ0v) is 2.21. The van der Waals surface area contributed by atoms with Gasteiger partial charge in [0.25, 0.3) is 0 Å². The second kappa shape index (κ2) is 28.9. The average molecular weight is 105 g/mol. The van der Waals surface area contributed by atoms with Crippen molar-refractivity contribution in [1.82, 2.24) is 6.15 Å². The molecule has 0 amide bonds. The molecule has 0 atom stereocenters. The fourth-order valence-electron chi connectivity index (χ4n) is 0. The van der Waals surface area contributed by atoms with E-state index >= 15 is 0 Å². The Bertz CT molecular complexity index is 6.00. The molecule has 0 fully saturated rings. The number of hydrogen-bond acceptors (Lipinski definition) is 1. The quantitative estimate of drug-likeness (QED) is 0.337. The van der Waals surface area contributed by atoms with Crippen LogP contribution in [0.3, 0.4) is 0 Å². The van der Waals surface area contributed by atoms with E-state index < -0.39 is 0 Å². The van der Waals surface area contributed by atoms with Crippen molar-refractivity contribution in [3.05, 3.63) is 0 Å². The summed E-state index contributed by atoms with van der Waals surface area (Å²) in [5.41, 5.74) is 0. The van der Waals surface area contributed by atoms with E-state index in [0.29, 0.717) is 0 Å². The summed E-state index contributed by atoms with van der Waals surface area (Å²) in [5.74, 6) is 0. The van der Waals surface area contributed by atoms with Crippen molar-refractivity contribution >= 4 is 45.7 Å². The fourth-order valence-corrected chi connectivity index (χ4v) is 0. The predicted octanol–water partition coefficient (Wildman–Crippen LogP) is -2.59. The molecule has 0 aliphatic heterocycles. The molecule has 0 spiro atoms. The standard InChI is InChI=1S/2Al.H3N.Si.6H/h;;1H3;;;;;;;. The fraction of sp³-hybridized carbons (Fsp3) is 0. The molecule has 0 aliphatic rings. The molecule has 0 unspecified atom stereocenters. The lowest BCUT2D eigenvalue weighted by Crippen LogP contribution is -0.481. The molecule has 0 aromatic rings. The summed E-state index contributed by atoms with van der Waals surface area (Å²) in [6.45, 7) is 0. The van der Waals surface area contributed by atoms with E-state index in [1.807, 2.05) is 0 Å². The van der Waals surface area contributed by atoms with Gasteiger partial charge in [-0.2, -0.15) is 0 Å². The van der Waals surface area contributed by atoms with Crippen LogP contribution >= 0.6 is 0 Å². The van der Waals surface area contributed by atoms with Crippen LogP contribution in [-0.4, -0.2) is 45.7 Å². The molecular weight excluding hydrogens is 96.1 g/mol. The van der Waals surface area contributed by atoms with Crippen LogP contribution in [0.15, 0.2) is 0 Å². The summed E-state index contributed by atoms with van der Waals surface area (Å²) in [6.07, 6.45) is 0. The van der Waals surface area contributed by atoms with Gasteiger partial charge in [0.05, 0.1) is 0 Å². The molecule has 0 saturated heterocycles. The largest absolute Gasteiger partial charge is 0.344 e. The minimum absolute atomic E-state index is 0. The molecule has 4 heteroatoms. The summed E-state index contributed by atoms with van der Waals surface area (Å²) in [6, 6.07) is 0. The molecule has 24 valence electrons. The van der Waals surface area contributed by atoms with E-state index in [1.54, 1.807) is 0 Å². The Kier molecular flexibility index (Phi) is 442. The Labute approximate surface area is 52.0 Å². The second-order valence-corrected chi connectivity index (χ2v) is 0. The minimum atomic E-state index is 0. The number of rotatable bonds is 0. The first-order valence-electron chi connectivity index (χ1n) is 0. The third-order valence-electron chi connectivity index (χ3n) is 0. The van der Waals surface area contributed by atoms with Crippen LogP contribution in [0.4, 0.5) is 0 Å². The maximum Gasteiger partial charge on any atom is 0.187 e. The van der Waals surface area contributed by atoms with Gasteiger partial charge in [-0.05, 0) is 0 Å². The zero-order chi connectivity index (χ0) is 0. The van der Waals surface area contributed by atoms with Gasteiger partial charge < -0.3 is 6.15 Å². The van der Waals surface area contributed by atoms with Gasteiger partial charge in [-0.15, -0.1) is 0 Å². The van der Waals surface area contributed by atoms with E-state index in [-0.39, 0.29) is 51.8 Å². The summed E-state index contributed by atoms with van der Waals surface area (Å²) >= 11 is 0. The molecular formula is H9Al2NSi. The molecule has 4 radical (unpaired) electrons. The number of hydrogen-bond donors (Lipinski definition) is 1. The lowest BCUT2D eigenvalue weighted by molar-refractivity contribution is 2.13. The highest BCUT2D eigenvalue weighted by molar-refractivity contribution is 5.76. The van der Waals surface area contributed by atoms with E-state index in [2.05, 4.69) is 0 Å². The lowest BCUT2D eigenvalue weighted by atomic mass is 14.0. The van der Waals surface area contributed by atoms with E-state index in [0.717, 1.165) is 0 Å². The van der Waals surface area contributed by atoms with Gasteiger partial charge in [-0.3, -0.25) is 0 Å². The van der Waals surface area contributed by atoms with Crippen LogP contribution in [0.2, 0.25) is 0 Å². The van der Waals surface area contributed by atoms with Crippen LogP contribution < -0.4 is 6.15 Å². The molecule has 0 rings (SSSR count). The smallest absolute Gasteiger partial charge is 0.187 e. The van der Waals surface area contributed by atoms with Crippen LogP contribution in [0, 0.1) is 0 Å². The molecule has 0 saturated carbocycles. The van der Waals surface area contributed by atoms with Gasteiger partial charge in [0.2, 0.25) is 0 Å². The summed E-state index contributed by atoms with van der Waals surface area (Å²) < 4.78 is 0. The summed E-state index contributed by atoms with van der Waals surface area (Å²) in [7, 11) is 0. The van der Waals surface area contributed by atoms with Gasteiger partial charge >= 0.3 is 0 Å². The van der Waals surface area contributed by atoms with Gasteiger partial charge in [-0.1, -0.05) is 0 Å². The van der Waals surface area contributed by atoms with Gasteiger partial charge in [0.1, 0.15) is 0 Å². The zero-order valence-electron chi connectivity index (χ0n) is 1.21. The first kappa shape index (κ1) is 61.2. The van der Waals surface area contributed by atoms with Gasteiger partial charge in [-0.25, -0.2) is 0 Å². The van der Waals surface area contributed by atoms with Gasteiger partial charge in [0, 0.05) is 11.0 Å². The molecule has 0 aliphatic carbocycles. The normalized spacial score (nSPS) is 0. The minimum Gasteiger partial charge on any atom is -0.344 e. The third kappa shape index (κ3) is 10.6. The van der Waals surface area contributed by atoms with Crippen molar-refractivity contribution in [3.63, 3.8) is 0 Å². The van der Waals surface area contributed by atoms with E-state index in [4.69, 9.17) is 0 Å². The summed E-state index contributed by atoms with van der Waals surface area (Å²) in [4.78, 5) is 0. The highest BCUT2D eigenvalue weighted by Crippen LogP contribution is -0.379. The molecule has 0 aromatic heterocycles. The first-order valence-corrected chi connectivity index (χ1v) is 0. The van der Waals surface area contributed by atoms with Crippen molar-refractivity contribution in [1.29, 1.82) is 0 Å².